The average Bonchev–Trinajstić information content (AvgIpc) is 1.77. The molecule has 2 amide bonds. The highest BCUT2D eigenvalue weighted by atomic mass is 35.5. The van der Waals surface area contributed by atoms with Crippen LogP contribution in [0.25, 0.3) is 0 Å². The van der Waals surface area contributed by atoms with Crippen molar-refractivity contribution < 1.29 is 4.79 Å². The van der Waals surface area contributed by atoms with Gasteiger partial charge in [0.05, 0.1) is 0 Å². The van der Waals surface area contributed by atoms with Gasteiger partial charge in [0.1, 0.15) is 0 Å². The van der Waals surface area contributed by atoms with Gasteiger partial charge in [-0.05, 0) is 0 Å². The number of urea groups is 1. The van der Waals surface area contributed by atoms with Crippen molar-refractivity contribution in [2.24, 2.45) is 5.73 Å². The molecule has 5 heteroatoms. The lowest BCUT2D eigenvalue weighted by atomic mass is 10.3. The lowest BCUT2D eigenvalue weighted by Crippen LogP contribution is -2.54. The molecule has 4 N–H and O–H groups in total. The zero-order chi connectivity index (χ0) is 5.98. The van der Waals surface area contributed by atoms with E-state index in [1.807, 2.05) is 0 Å². The SMILES string of the molecule is Cl.NC1CNC(=O)NC1. The van der Waals surface area contributed by atoms with Gasteiger partial charge in [0, 0.05) is 19.1 Å². The molecule has 1 rings (SSSR count). The number of halogens is 1. The van der Waals surface area contributed by atoms with Crippen LogP contribution >= 0.6 is 12.4 Å². The highest BCUT2D eigenvalue weighted by molar-refractivity contribution is 5.85. The van der Waals surface area contributed by atoms with Gasteiger partial charge >= 0.3 is 6.03 Å². The molecule has 0 bridgehead atoms. The molecular formula is C4H10ClN3O. The molecule has 0 radical (unpaired) electrons. The number of hydrogen-bond donors (Lipinski definition) is 3. The molecule has 1 aliphatic rings. The Balaban J connectivity index is 0.000000640. The van der Waals surface area contributed by atoms with Crippen LogP contribution in [-0.2, 0) is 0 Å². The van der Waals surface area contributed by atoms with Crippen LogP contribution in [0, 0.1) is 0 Å². The summed E-state index contributed by atoms with van der Waals surface area (Å²) in [6.07, 6.45) is 0. The van der Waals surface area contributed by atoms with Crippen molar-refractivity contribution in [3.8, 4) is 0 Å². The lowest BCUT2D eigenvalue weighted by molar-refractivity contribution is 0.234. The number of hydrogen-bond acceptors (Lipinski definition) is 2. The maximum absolute atomic E-state index is 10.3. The van der Waals surface area contributed by atoms with Crippen molar-refractivity contribution in [1.29, 1.82) is 0 Å². The zero-order valence-electron chi connectivity index (χ0n) is 4.89. The molecule has 1 heterocycles. The van der Waals surface area contributed by atoms with E-state index < -0.39 is 0 Å². The van der Waals surface area contributed by atoms with Crippen LogP contribution in [0.1, 0.15) is 0 Å². The van der Waals surface area contributed by atoms with E-state index >= 15 is 0 Å². The monoisotopic (exact) mass is 151 g/mol. The number of amides is 2. The molecule has 0 aromatic carbocycles. The Bertz CT molecular complexity index is 98.0. The van der Waals surface area contributed by atoms with E-state index in [-0.39, 0.29) is 24.5 Å². The van der Waals surface area contributed by atoms with E-state index in [0.29, 0.717) is 13.1 Å². The summed E-state index contributed by atoms with van der Waals surface area (Å²) in [7, 11) is 0. The van der Waals surface area contributed by atoms with Crippen molar-refractivity contribution in [1.82, 2.24) is 10.6 Å². The number of nitrogens with one attached hydrogen (secondary N) is 2. The summed E-state index contributed by atoms with van der Waals surface area (Å²) in [5, 5.41) is 5.11. The molecule has 9 heavy (non-hydrogen) atoms. The van der Waals surface area contributed by atoms with Crippen LogP contribution in [0.2, 0.25) is 0 Å². The van der Waals surface area contributed by atoms with Gasteiger partial charge in [-0.1, -0.05) is 0 Å². The number of nitrogens with two attached hydrogens (primary N) is 1. The Morgan fingerprint density at radius 2 is 1.89 bits per heavy atom. The van der Waals surface area contributed by atoms with Crippen molar-refractivity contribution in [3.05, 3.63) is 0 Å². The van der Waals surface area contributed by atoms with Crippen LogP contribution in [-0.4, -0.2) is 25.2 Å². The van der Waals surface area contributed by atoms with Crippen molar-refractivity contribution >= 4 is 18.4 Å². The van der Waals surface area contributed by atoms with Crippen LogP contribution in [0.3, 0.4) is 0 Å². The van der Waals surface area contributed by atoms with Gasteiger partial charge in [-0.15, -0.1) is 12.4 Å². The van der Waals surface area contributed by atoms with E-state index in [2.05, 4.69) is 10.6 Å². The highest BCUT2D eigenvalue weighted by Gasteiger charge is 2.11. The summed E-state index contributed by atoms with van der Waals surface area (Å²) >= 11 is 0. The molecule has 0 spiro atoms. The summed E-state index contributed by atoms with van der Waals surface area (Å²) in [4.78, 5) is 10.3. The third-order valence-corrected chi connectivity index (χ3v) is 1.05. The fourth-order valence-electron chi connectivity index (χ4n) is 0.582. The fourth-order valence-corrected chi connectivity index (χ4v) is 0.582. The predicted octanol–water partition coefficient (Wildman–Crippen LogP) is -0.952. The summed E-state index contributed by atoms with van der Waals surface area (Å²) in [5.41, 5.74) is 5.42. The maximum atomic E-state index is 10.3. The van der Waals surface area contributed by atoms with Crippen LogP contribution in [0.5, 0.6) is 0 Å². The Morgan fingerprint density at radius 1 is 1.44 bits per heavy atom. The van der Waals surface area contributed by atoms with E-state index in [9.17, 15) is 4.79 Å². The highest BCUT2D eigenvalue weighted by Crippen LogP contribution is 1.79. The normalized spacial score (nSPS) is 19.4. The van der Waals surface area contributed by atoms with Crippen LogP contribution in [0.15, 0.2) is 0 Å². The minimum Gasteiger partial charge on any atom is -0.337 e. The van der Waals surface area contributed by atoms with Crippen molar-refractivity contribution in [2.45, 2.75) is 6.04 Å². The molecule has 0 saturated carbocycles. The standard InChI is InChI=1S/C4H9N3O.ClH/c5-3-1-6-4(8)7-2-3;/h3H,1-2,5H2,(H2,6,7,8);1H. The molecule has 4 nitrogen and oxygen atoms in total. The predicted molar refractivity (Wildman–Crippen MR) is 36.6 cm³/mol. The van der Waals surface area contributed by atoms with Gasteiger partial charge < -0.3 is 16.4 Å². The Morgan fingerprint density at radius 3 is 2.22 bits per heavy atom. The van der Waals surface area contributed by atoms with Crippen LogP contribution < -0.4 is 16.4 Å². The summed E-state index contributed by atoms with van der Waals surface area (Å²) in [6, 6.07) is -0.0422. The summed E-state index contributed by atoms with van der Waals surface area (Å²) in [5.74, 6) is 0. The second-order valence-electron chi connectivity index (χ2n) is 1.85. The molecule has 1 aliphatic heterocycles. The van der Waals surface area contributed by atoms with Gasteiger partial charge in [-0.3, -0.25) is 0 Å². The second kappa shape index (κ2) is 3.53. The first-order valence-electron chi connectivity index (χ1n) is 2.56. The Kier molecular flexibility index (Phi) is 3.34. The third-order valence-electron chi connectivity index (χ3n) is 1.05. The van der Waals surface area contributed by atoms with Gasteiger partial charge in [-0.2, -0.15) is 0 Å². The van der Waals surface area contributed by atoms with Gasteiger partial charge in [-0.25, -0.2) is 4.79 Å². The van der Waals surface area contributed by atoms with Gasteiger partial charge in [0.2, 0.25) is 0 Å². The first-order valence-corrected chi connectivity index (χ1v) is 2.56. The quantitative estimate of drug-likeness (QED) is 0.418. The minimum absolute atomic E-state index is 0. The van der Waals surface area contributed by atoms with Gasteiger partial charge in [0.15, 0.2) is 0 Å². The fraction of sp³-hybridized carbons (Fsp3) is 0.750. The van der Waals surface area contributed by atoms with Crippen molar-refractivity contribution in [2.75, 3.05) is 13.1 Å². The molecule has 0 unspecified atom stereocenters. The summed E-state index contributed by atoms with van der Waals surface area (Å²) in [6.45, 7) is 1.18. The number of rotatable bonds is 0. The number of carbonyl (C=O) groups excluding carboxylic acids is 1. The topological polar surface area (TPSA) is 67.1 Å². The van der Waals surface area contributed by atoms with E-state index in [1.165, 1.54) is 0 Å². The molecular weight excluding hydrogens is 142 g/mol. The van der Waals surface area contributed by atoms with E-state index in [1.54, 1.807) is 0 Å². The first-order chi connectivity index (χ1) is 3.79. The molecule has 0 atom stereocenters. The second-order valence-corrected chi connectivity index (χ2v) is 1.85. The lowest BCUT2D eigenvalue weighted by Gasteiger charge is -2.19. The molecule has 1 fully saturated rings. The van der Waals surface area contributed by atoms with Crippen LogP contribution in [0.4, 0.5) is 4.79 Å². The largest absolute Gasteiger partial charge is 0.337 e. The zero-order valence-corrected chi connectivity index (χ0v) is 5.70. The smallest absolute Gasteiger partial charge is 0.314 e. The summed E-state index contributed by atoms with van der Waals surface area (Å²) < 4.78 is 0. The molecule has 0 aromatic rings. The Hall–Kier alpha value is -0.480. The van der Waals surface area contributed by atoms with E-state index in [0.717, 1.165) is 0 Å². The molecule has 54 valence electrons. The van der Waals surface area contributed by atoms with E-state index in [4.69, 9.17) is 5.73 Å². The maximum Gasteiger partial charge on any atom is 0.314 e. The molecule has 0 aromatic heterocycles. The minimum atomic E-state index is -0.119. The average molecular weight is 152 g/mol. The van der Waals surface area contributed by atoms with Gasteiger partial charge in [0.25, 0.3) is 0 Å². The molecule has 1 saturated heterocycles. The van der Waals surface area contributed by atoms with Crippen molar-refractivity contribution in [3.63, 3.8) is 0 Å². The third kappa shape index (κ3) is 2.53. The molecule has 0 aliphatic carbocycles. The number of carbonyl (C=O) groups is 1. The Labute approximate surface area is 59.6 Å². The first kappa shape index (κ1) is 8.52.